The van der Waals surface area contributed by atoms with Crippen LogP contribution in [0.5, 0.6) is 0 Å². The lowest BCUT2D eigenvalue weighted by Crippen LogP contribution is -2.51. The highest BCUT2D eigenvalue weighted by Crippen LogP contribution is 2.11. The van der Waals surface area contributed by atoms with Gasteiger partial charge < -0.3 is 10.2 Å². The Hall–Kier alpha value is -1.08. The van der Waals surface area contributed by atoms with Crippen molar-refractivity contribution < 1.29 is 13.2 Å². The molecular weight excluding hydrogens is 314 g/mol. The van der Waals surface area contributed by atoms with Gasteiger partial charge in [0.1, 0.15) is 9.84 Å². The molecule has 0 bridgehead atoms. The highest BCUT2D eigenvalue weighted by atomic mass is 32.2. The highest BCUT2D eigenvalue weighted by Gasteiger charge is 2.24. The molecule has 0 saturated carbocycles. The summed E-state index contributed by atoms with van der Waals surface area (Å²) in [5, 5.41) is 3.02. The Morgan fingerprint density at radius 2 is 1.91 bits per heavy atom. The Kier molecular flexibility index (Phi) is 7.54. The average molecular weight is 346 g/mol. The molecule has 0 aliphatic carbocycles. The van der Waals surface area contributed by atoms with Gasteiger partial charge in [-0.25, -0.2) is 13.2 Å². The van der Waals surface area contributed by atoms with E-state index in [4.69, 9.17) is 0 Å². The Morgan fingerprint density at radius 3 is 2.39 bits per heavy atom. The Bertz CT molecular complexity index is 519. The Morgan fingerprint density at radius 1 is 1.35 bits per heavy atom. The number of hydrogen-bond donors (Lipinski definition) is 1. The summed E-state index contributed by atoms with van der Waals surface area (Å²) in [5.41, 5.74) is 1.32. The molecule has 0 spiro atoms. The molecule has 1 rings (SSSR count). The number of carbonyl (C=O) groups is 1. The van der Waals surface area contributed by atoms with Gasteiger partial charge in [-0.05, 0) is 33.6 Å². The van der Waals surface area contributed by atoms with E-state index in [1.165, 1.54) is 16.7 Å². The Balaban J connectivity index is 2.40. The van der Waals surface area contributed by atoms with Crippen LogP contribution in [0.3, 0.4) is 0 Å². The molecule has 0 aromatic heterocycles. The van der Waals surface area contributed by atoms with Crippen LogP contribution in [0.15, 0.2) is 11.6 Å². The molecule has 0 radical (unpaired) electrons. The van der Waals surface area contributed by atoms with Gasteiger partial charge in [-0.3, -0.25) is 4.90 Å². The third-order valence-corrected chi connectivity index (χ3v) is 5.29. The van der Waals surface area contributed by atoms with Crippen molar-refractivity contribution in [2.24, 2.45) is 0 Å². The molecule has 23 heavy (non-hydrogen) atoms. The normalized spacial score (nSPS) is 18.3. The quantitative estimate of drug-likeness (QED) is 0.741. The van der Waals surface area contributed by atoms with Gasteiger partial charge in [-0.15, -0.1) is 0 Å². The van der Waals surface area contributed by atoms with Crippen molar-refractivity contribution in [2.45, 2.75) is 45.7 Å². The smallest absolute Gasteiger partial charge is 0.317 e. The molecule has 134 valence electrons. The number of urea groups is 1. The van der Waals surface area contributed by atoms with Gasteiger partial charge in [0, 0.05) is 45.0 Å². The zero-order chi connectivity index (χ0) is 17.6. The van der Waals surface area contributed by atoms with Gasteiger partial charge in [0.15, 0.2) is 0 Å². The van der Waals surface area contributed by atoms with Gasteiger partial charge in [0.05, 0.1) is 5.75 Å². The van der Waals surface area contributed by atoms with Crippen LogP contribution in [-0.2, 0) is 9.84 Å². The van der Waals surface area contributed by atoms with Crippen LogP contribution in [-0.4, -0.2) is 75.0 Å². The van der Waals surface area contributed by atoms with E-state index in [0.29, 0.717) is 0 Å². The number of nitrogens with zero attached hydrogens (tertiary/aromatic N) is 2. The number of piperidine rings is 1. The number of amides is 2. The van der Waals surface area contributed by atoms with Crippen LogP contribution in [0.4, 0.5) is 4.79 Å². The number of carbonyl (C=O) groups excluding carboxylic acids is 1. The summed E-state index contributed by atoms with van der Waals surface area (Å²) >= 11 is 0. The van der Waals surface area contributed by atoms with Crippen molar-refractivity contribution in [3.8, 4) is 0 Å². The third kappa shape index (κ3) is 7.83. The molecule has 1 saturated heterocycles. The van der Waals surface area contributed by atoms with Crippen LogP contribution in [0.1, 0.15) is 33.6 Å². The molecule has 7 heteroatoms. The lowest BCUT2D eigenvalue weighted by molar-refractivity contribution is 0.177. The second kappa shape index (κ2) is 8.68. The lowest BCUT2D eigenvalue weighted by atomic mass is 10.1. The van der Waals surface area contributed by atoms with E-state index in [1.54, 1.807) is 14.0 Å². The first-order chi connectivity index (χ1) is 10.6. The molecule has 1 N–H and O–H groups in total. The van der Waals surface area contributed by atoms with Crippen LogP contribution < -0.4 is 5.32 Å². The largest absolute Gasteiger partial charge is 0.335 e. The Labute approximate surface area is 140 Å². The molecule has 1 aliphatic heterocycles. The molecular formula is C16H31N3O3S. The van der Waals surface area contributed by atoms with E-state index in [-0.39, 0.29) is 23.9 Å². The van der Waals surface area contributed by atoms with Crippen LogP contribution in [0.2, 0.25) is 0 Å². The summed E-state index contributed by atoms with van der Waals surface area (Å²) in [4.78, 5) is 16.1. The maximum atomic E-state index is 12.2. The number of rotatable bonds is 6. The van der Waals surface area contributed by atoms with E-state index < -0.39 is 9.84 Å². The summed E-state index contributed by atoms with van der Waals surface area (Å²) in [6.45, 7) is 8.85. The number of sulfone groups is 1. The molecule has 1 atom stereocenters. The number of likely N-dealkylation sites (tertiary alicyclic amines) is 1. The number of allylic oxidation sites excluding steroid dienone is 1. The fourth-order valence-corrected chi connectivity index (χ4v) is 3.70. The van der Waals surface area contributed by atoms with Gasteiger partial charge in [0.2, 0.25) is 0 Å². The van der Waals surface area contributed by atoms with Crippen LogP contribution in [0, 0.1) is 0 Å². The van der Waals surface area contributed by atoms with E-state index in [0.717, 1.165) is 32.5 Å². The molecule has 1 fully saturated rings. The monoisotopic (exact) mass is 345 g/mol. The van der Waals surface area contributed by atoms with Crippen LogP contribution in [0.25, 0.3) is 0 Å². The second-order valence-corrected chi connectivity index (χ2v) is 9.04. The van der Waals surface area contributed by atoms with E-state index in [9.17, 15) is 13.2 Å². The minimum absolute atomic E-state index is 0.0158. The number of nitrogens with one attached hydrogen (secondary N) is 1. The van der Waals surface area contributed by atoms with Gasteiger partial charge in [-0.1, -0.05) is 11.6 Å². The van der Waals surface area contributed by atoms with Crippen molar-refractivity contribution in [1.82, 2.24) is 15.1 Å². The molecule has 6 nitrogen and oxygen atoms in total. The van der Waals surface area contributed by atoms with E-state index in [2.05, 4.69) is 30.1 Å². The molecule has 0 aromatic rings. The predicted molar refractivity (Wildman–Crippen MR) is 94.4 cm³/mol. The first kappa shape index (κ1) is 20.0. The maximum absolute atomic E-state index is 12.2. The standard InChI is InChI=1S/C16H31N3O3S/c1-13(2)6-9-19-10-7-15(8-11-19)17-16(20)18(4)14(3)12-23(5,21)22/h6,14-15H,7-12H2,1-5H3,(H,17,20). The van der Waals surface area contributed by atoms with Crippen molar-refractivity contribution in [3.05, 3.63) is 11.6 Å². The minimum atomic E-state index is -3.09. The molecule has 0 aromatic carbocycles. The van der Waals surface area contributed by atoms with Crippen molar-refractivity contribution in [3.63, 3.8) is 0 Å². The minimum Gasteiger partial charge on any atom is -0.335 e. The topological polar surface area (TPSA) is 69.7 Å². The molecule has 1 aliphatic rings. The van der Waals surface area contributed by atoms with Gasteiger partial charge >= 0.3 is 6.03 Å². The number of hydrogen-bond acceptors (Lipinski definition) is 4. The first-order valence-corrected chi connectivity index (χ1v) is 10.2. The van der Waals surface area contributed by atoms with Gasteiger partial charge in [-0.2, -0.15) is 0 Å². The SMILES string of the molecule is CC(C)=CCN1CCC(NC(=O)N(C)C(C)CS(C)(=O)=O)CC1. The summed E-state index contributed by atoms with van der Waals surface area (Å²) in [6.07, 6.45) is 5.27. The molecule has 1 heterocycles. The predicted octanol–water partition coefficient (Wildman–Crippen LogP) is 1.49. The zero-order valence-electron chi connectivity index (χ0n) is 15.0. The first-order valence-electron chi connectivity index (χ1n) is 8.15. The fourth-order valence-electron chi connectivity index (χ4n) is 2.60. The molecule has 2 amide bonds. The summed E-state index contributed by atoms with van der Waals surface area (Å²) in [7, 11) is -1.44. The van der Waals surface area contributed by atoms with Crippen LogP contribution >= 0.6 is 0 Å². The summed E-state index contributed by atoms with van der Waals surface area (Å²) < 4.78 is 22.7. The van der Waals surface area contributed by atoms with E-state index >= 15 is 0 Å². The third-order valence-electron chi connectivity index (χ3n) is 4.20. The second-order valence-electron chi connectivity index (χ2n) is 6.86. The van der Waals surface area contributed by atoms with E-state index in [1.807, 2.05) is 0 Å². The summed E-state index contributed by atoms with van der Waals surface area (Å²) in [6, 6.07) is -0.356. The maximum Gasteiger partial charge on any atom is 0.317 e. The lowest BCUT2D eigenvalue weighted by Gasteiger charge is -2.33. The highest BCUT2D eigenvalue weighted by molar-refractivity contribution is 7.90. The zero-order valence-corrected chi connectivity index (χ0v) is 15.8. The average Bonchev–Trinajstić information content (AvgIpc) is 2.43. The molecule has 1 unspecified atom stereocenters. The fraction of sp³-hybridized carbons (Fsp3) is 0.812. The van der Waals surface area contributed by atoms with Crippen molar-refractivity contribution >= 4 is 15.9 Å². The van der Waals surface area contributed by atoms with Crippen molar-refractivity contribution in [2.75, 3.05) is 38.7 Å². The van der Waals surface area contributed by atoms with Gasteiger partial charge in [0.25, 0.3) is 0 Å². The summed E-state index contributed by atoms with van der Waals surface area (Å²) in [5.74, 6) is -0.0158. The van der Waals surface area contributed by atoms with Crippen molar-refractivity contribution in [1.29, 1.82) is 0 Å².